The van der Waals surface area contributed by atoms with Gasteiger partial charge >= 0.3 is 12.1 Å². The Kier molecular flexibility index (Phi) is 5.37. The molecule has 2 aliphatic rings. The third-order valence-corrected chi connectivity index (χ3v) is 5.02. The van der Waals surface area contributed by atoms with Gasteiger partial charge in [-0.25, -0.2) is 9.59 Å². The van der Waals surface area contributed by atoms with Gasteiger partial charge in [-0.1, -0.05) is 30.3 Å². The largest absolute Gasteiger partial charge is 0.457 e. The van der Waals surface area contributed by atoms with Gasteiger partial charge in [0.05, 0.1) is 0 Å². The first-order valence-corrected chi connectivity index (χ1v) is 9.48. The Morgan fingerprint density at radius 2 is 1.06 bits per heavy atom. The lowest BCUT2D eigenvalue weighted by Gasteiger charge is -2.34. The highest BCUT2D eigenvalue weighted by Gasteiger charge is 2.50. The van der Waals surface area contributed by atoms with Crippen molar-refractivity contribution in [3.8, 4) is 11.5 Å². The van der Waals surface area contributed by atoms with Crippen LogP contribution < -0.4 is 26.0 Å². The summed E-state index contributed by atoms with van der Waals surface area (Å²) < 4.78 is 5.77. The summed E-state index contributed by atoms with van der Waals surface area (Å²) in [5, 5.41) is 7.88. The number of benzene rings is 2. The van der Waals surface area contributed by atoms with Crippen molar-refractivity contribution in [2.75, 3.05) is 0 Å². The molecule has 0 spiro atoms. The molecule has 162 valence electrons. The summed E-state index contributed by atoms with van der Waals surface area (Å²) in [6.07, 6.45) is 0. The molecule has 0 saturated carbocycles. The van der Waals surface area contributed by atoms with Crippen molar-refractivity contribution < 1.29 is 33.5 Å². The van der Waals surface area contributed by atoms with E-state index in [1.165, 1.54) is 12.1 Å². The maximum Gasteiger partial charge on any atom is 0.328 e. The molecule has 2 aromatic rings. The summed E-state index contributed by atoms with van der Waals surface area (Å²) in [5.74, 6) is -7.62. The van der Waals surface area contributed by atoms with E-state index in [9.17, 15) is 28.8 Å². The molecule has 2 heterocycles. The van der Waals surface area contributed by atoms with Crippen LogP contribution in [-0.4, -0.2) is 35.7 Å². The quantitative estimate of drug-likeness (QED) is 0.497. The highest BCUT2D eigenvalue weighted by Crippen LogP contribution is 2.37. The van der Waals surface area contributed by atoms with E-state index in [4.69, 9.17) is 4.74 Å². The van der Waals surface area contributed by atoms with Gasteiger partial charge in [-0.3, -0.25) is 40.4 Å². The summed E-state index contributed by atoms with van der Waals surface area (Å²) in [7, 11) is 0. The van der Waals surface area contributed by atoms with Crippen LogP contribution in [0.4, 0.5) is 9.59 Å². The van der Waals surface area contributed by atoms with E-state index in [-0.39, 0.29) is 5.56 Å². The Hall–Kier alpha value is -4.54. The van der Waals surface area contributed by atoms with E-state index < -0.39 is 53.4 Å². The lowest BCUT2D eigenvalue weighted by Crippen LogP contribution is -2.62. The van der Waals surface area contributed by atoms with Gasteiger partial charge in [-0.2, -0.15) is 0 Å². The first kappa shape index (κ1) is 20.7. The molecular formula is C21H16N4O7. The Morgan fingerprint density at radius 1 is 0.594 bits per heavy atom. The second kappa shape index (κ2) is 8.30. The third kappa shape index (κ3) is 4.03. The number of amides is 8. The highest BCUT2D eigenvalue weighted by atomic mass is 16.5. The SMILES string of the molecule is O=C1NC(=O)C(C(c2cccc(Oc3ccccc3)c2)C2C(=O)NC(=O)NC2=O)C(=O)N1. The molecule has 2 saturated heterocycles. The average Bonchev–Trinajstić information content (AvgIpc) is 2.72. The summed E-state index contributed by atoms with van der Waals surface area (Å²) in [6, 6.07) is 12.9. The second-order valence-corrected chi connectivity index (χ2v) is 7.08. The second-order valence-electron chi connectivity index (χ2n) is 7.08. The molecule has 0 aliphatic carbocycles. The molecule has 0 unspecified atom stereocenters. The van der Waals surface area contributed by atoms with Gasteiger partial charge < -0.3 is 4.74 Å². The summed E-state index contributed by atoms with van der Waals surface area (Å²) >= 11 is 0. The van der Waals surface area contributed by atoms with E-state index in [1.54, 1.807) is 36.4 Å². The molecular weight excluding hydrogens is 420 g/mol. The first-order valence-electron chi connectivity index (χ1n) is 9.48. The van der Waals surface area contributed by atoms with E-state index >= 15 is 0 Å². The molecule has 8 amide bonds. The molecule has 2 aliphatic heterocycles. The zero-order valence-electron chi connectivity index (χ0n) is 16.3. The van der Waals surface area contributed by atoms with Crippen LogP contribution in [-0.2, 0) is 19.2 Å². The molecule has 2 fully saturated rings. The number of carbonyl (C=O) groups is 6. The number of hydrogen-bond donors (Lipinski definition) is 4. The monoisotopic (exact) mass is 436 g/mol. The Balaban J connectivity index is 1.77. The van der Waals surface area contributed by atoms with Crippen molar-refractivity contribution >= 4 is 35.7 Å². The Labute approximate surface area is 180 Å². The van der Waals surface area contributed by atoms with Crippen LogP contribution in [0.2, 0.25) is 0 Å². The van der Waals surface area contributed by atoms with Gasteiger partial charge in [0.2, 0.25) is 23.6 Å². The van der Waals surface area contributed by atoms with E-state index in [1.807, 2.05) is 27.3 Å². The Morgan fingerprint density at radius 3 is 1.56 bits per heavy atom. The molecule has 11 nitrogen and oxygen atoms in total. The predicted octanol–water partition coefficient (Wildman–Crippen LogP) is 0.527. The zero-order valence-corrected chi connectivity index (χ0v) is 16.3. The van der Waals surface area contributed by atoms with Crippen molar-refractivity contribution in [3.63, 3.8) is 0 Å². The van der Waals surface area contributed by atoms with Crippen LogP contribution in [0.15, 0.2) is 54.6 Å². The van der Waals surface area contributed by atoms with Crippen molar-refractivity contribution in [2.45, 2.75) is 5.92 Å². The summed E-state index contributed by atoms with van der Waals surface area (Å²) in [5.41, 5.74) is 0.243. The van der Waals surface area contributed by atoms with E-state index in [2.05, 4.69) is 0 Å². The third-order valence-electron chi connectivity index (χ3n) is 5.02. The van der Waals surface area contributed by atoms with Crippen molar-refractivity contribution in [1.82, 2.24) is 21.3 Å². The van der Waals surface area contributed by atoms with Gasteiger partial charge in [0.1, 0.15) is 23.3 Å². The molecule has 32 heavy (non-hydrogen) atoms. The fraction of sp³-hybridized carbons (Fsp3) is 0.143. The van der Waals surface area contributed by atoms with E-state index in [0.717, 1.165) is 0 Å². The Bertz CT molecular complexity index is 1060. The van der Waals surface area contributed by atoms with Crippen molar-refractivity contribution in [3.05, 3.63) is 60.2 Å². The van der Waals surface area contributed by atoms with Crippen LogP contribution in [0, 0.1) is 11.8 Å². The predicted molar refractivity (Wildman–Crippen MR) is 106 cm³/mol. The molecule has 0 atom stereocenters. The van der Waals surface area contributed by atoms with Crippen LogP contribution in [0.1, 0.15) is 11.5 Å². The minimum atomic E-state index is -1.60. The van der Waals surface area contributed by atoms with Crippen LogP contribution in [0.25, 0.3) is 0 Å². The van der Waals surface area contributed by atoms with Gasteiger partial charge in [0, 0.05) is 5.92 Å². The van der Waals surface area contributed by atoms with E-state index in [0.29, 0.717) is 11.5 Å². The number of para-hydroxylation sites is 1. The first-order chi connectivity index (χ1) is 15.3. The number of carbonyl (C=O) groups excluding carboxylic acids is 6. The van der Waals surface area contributed by atoms with Crippen molar-refractivity contribution in [1.29, 1.82) is 0 Å². The number of nitrogens with one attached hydrogen (secondary N) is 4. The smallest absolute Gasteiger partial charge is 0.328 e. The fourth-order valence-electron chi connectivity index (χ4n) is 3.70. The number of rotatable bonds is 5. The number of imide groups is 4. The highest BCUT2D eigenvalue weighted by molar-refractivity contribution is 6.20. The minimum Gasteiger partial charge on any atom is -0.457 e. The van der Waals surface area contributed by atoms with Crippen molar-refractivity contribution in [2.24, 2.45) is 11.8 Å². The van der Waals surface area contributed by atoms with Gasteiger partial charge in [-0.15, -0.1) is 0 Å². The summed E-state index contributed by atoms with van der Waals surface area (Å²) in [6.45, 7) is 0. The summed E-state index contributed by atoms with van der Waals surface area (Å²) in [4.78, 5) is 73.3. The maximum atomic E-state index is 12.6. The fourth-order valence-corrected chi connectivity index (χ4v) is 3.70. The number of ether oxygens (including phenoxy) is 1. The average molecular weight is 436 g/mol. The number of urea groups is 2. The maximum absolute atomic E-state index is 12.6. The molecule has 4 rings (SSSR count). The van der Waals surface area contributed by atoms with Gasteiger partial charge in [0.15, 0.2) is 0 Å². The minimum absolute atomic E-state index is 0.243. The standard InChI is InChI=1S/C21H16N4O7/c26-16-14(17(27)23-20(30)22-16)13(15-18(28)24-21(31)25-19(15)29)10-5-4-8-12(9-10)32-11-6-2-1-3-7-11/h1-9,13-15H,(H2,22,23,26,27,30)(H2,24,25,28,29,31). The van der Waals surface area contributed by atoms with Crippen LogP contribution in [0.5, 0.6) is 11.5 Å². The molecule has 0 aromatic heterocycles. The number of barbiturate groups is 2. The molecule has 4 N–H and O–H groups in total. The number of hydrogen-bond acceptors (Lipinski definition) is 7. The van der Waals surface area contributed by atoms with Gasteiger partial charge in [-0.05, 0) is 29.8 Å². The normalized spacial score (nSPS) is 17.5. The zero-order chi connectivity index (χ0) is 22.8. The van der Waals surface area contributed by atoms with Crippen LogP contribution >= 0.6 is 0 Å². The molecule has 11 heteroatoms. The lowest BCUT2D eigenvalue weighted by molar-refractivity contribution is -0.141. The molecule has 0 radical (unpaired) electrons. The van der Waals surface area contributed by atoms with Gasteiger partial charge in [0.25, 0.3) is 0 Å². The molecule has 0 bridgehead atoms. The lowest BCUT2D eigenvalue weighted by atomic mass is 9.74. The topological polar surface area (TPSA) is 160 Å². The van der Waals surface area contributed by atoms with Crippen LogP contribution in [0.3, 0.4) is 0 Å². The molecule has 2 aromatic carbocycles.